The number of hydrogen-bond donors (Lipinski definition) is 3. The van der Waals surface area contributed by atoms with E-state index >= 15 is 0 Å². The van der Waals surface area contributed by atoms with E-state index in [1.807, 2.05) is 18.2 Å². The second kappa shape index (κ2) is 6.80. The molecule has 4 N–H and O–H groups in total. The van der Waals surface area contributed by atoms with E-state index in [-0.39, 0.29) is 17.9 Å². The van der Waals surface area contributed by atoms with Crippen molar-refractivity contribution in [3.8, 4) is 0 Å². The van der Waals surface area contributed by atoms with Crippen LogP contribution in [0, 0.1) is 11.3 Å². The van der Waals surface area contributed by atoms with Gasteiger partial charge in [0.15, 0.2) is 0 Å². The summed E-state index contributed by atoms with van der Waals surface area (Å²) in [5.41, 5.74) is 7.74. The van der Waals surface area contributed by atoms with Crippen LogP contribution in [0.3, 0.4) is 0 Å². The molecule has 1 aromatic rings. The van der Waals surface area contributed by atoms with E-state index in [1.54, 1.807) is 0 Å². The molecule has 1 saturated carbocycles. The van der Waals surface area contributed by atoms with Crippen LogP contribution in [-0.2, 0) is 11.2 Å². The molecule has 1 saturated heterocycles. The highest BCUT2D eigenvalue weighted by atomic mass is 16.2. The molecule has 4 heteroatoms. The van der Waals surface area contributed by atoms with E-state index in [9.17, 15) is 4.79 Å². The van der Waals surface area contributed by atoms with Crippen LogP contribution < -0.4 is 16.4 Å². The van der Waals surface area contributed by atoms with Crippen LogP contribution >= 0.6 is 0 Å². The lowest BCUT2D eigenvalue weighted by molar-refractivity contribution is -0.123. The fraction of sp³-hybridized carbons (Fsp3) is 0.611. The normalized spacial score (nSPS) is 24.0. The van der Waals surface area contributed by atoms with Gasteiger partial charge in [-0.15, -0.1) is 0 Å². The Morgan fingerprint density at radius 2 is 2.05 bits per heavy atom. The van der Waals surface area contributed by atoms with Crippen LogP contribution in [0.5, 0.6) is 0 Å². The predicted octanol–water partition coefficient (Wildman–Crippen LogP) is 1.45. The zero-order valence-corrected chi connectivity index (χ0v) is 13.2. The molecule has 1 aliphatic carbocycles. The van der Waals surface area contributed by atoms with Crippen LogP contribution in [0.2, 0.25) is 0 Å². The first-order valence-electron chi connectivity index (χ1n) is 8.48. The van der Waals surface area contributed by atoms with Gasteiger partial charge < -0.3 is 16.4 Å². The Bertz CT molecular complexity index is 496. The third-order valence-corrected chi connectivity index (χ3v) is 5.26. The molecular formula is C18H27N3O. The van der Waals surface area contributed by atoms with Gasteiger partial charge in [0.05, 0.1) is 0 Å². The van der Waals surface area contributed by atoms with Crippen molar-refractivity contribution in [2.75, 3.05) is 19.6 Å². The molecule has 2 atom stereocenters. The van der Waals surface area contributed by atoms with E-state index in [0.29, 0.717) is 12.0 Å². The molecule has 2 aliphatic rings. The maximum Gasteiger partial charge on any atom is 0.223 e. The highest BCUT2D eigenvalue weighted by molar-refractivity contribution is 5.82. The summed E-state index contributed by atoms with van der Waals surface area (Å²) in [6, 6.07) is 10.4. The number of nitrogens with two attached hydrogens (primary N) is 1. The summed E-state index contributed by atoms with van der Waals surface area (Å²) in [6.45, 7) is 2.81. The highest BCUT2D eigenvalue weighted by Gasteiger charge is 2.57. The smallest absolute Gasteiger partial charge is 0.223 e. The molecule has 3 rings (SSSR count). The number of amides is 1. The van der Waals surface area contributed by atoms with Gasteiger partial charge in [0.1, 0.15) is 0 Å². The standard InChI is InChI=1S/C18H27N3O/c19-15(12-14-4-2-1-3-5-14)6-9-21-17(22)16-13-18(16)7-10-20-11-8-18/h1-5,15-16,20H,6-13,19H2,(H,21,22). The molecule has 1 aliphatic heterocycles. The third-order valence-electron chi connectivity index (χ3n) is 5.26. The third kappa shape index (κ3) is 3.68. The van der Waals surface area contributed by atoms with Crippen LogP contribution in [0.15, 0.2) is 30.3 Å². The van der Waals surface area contributed by atoms with E-state index < -0.39 is 0 Å². The minimum Gasteiger partial charge on any atom is -0.356 e. The van der Waals surface area contributed by atoms with Gasteiger partial charge in [-0.25, -0.2) is 0 Å². The van der Waals surface area contributed by atoms with E-state index in [4.69, 9.17) is 5.73 Å². The van der Waals surface area contributed by atoms with E-state index in [0.717, 1.165) is 45.2 Å². The highest BCUT2D eigenvalue weighted by Crippen LogP contribution is 2.58. The Hall–Kier alpha value is -1.39. The Morgan fingerprint density at radius 1 is 1.32 bits per heavy atom. The quantitative estimate of drug-likeness (QED) is 0.745. The molecular weight excluding hydrogens is 274 g/mol. The van der Waals surface area contributed by atoms with E-state index in [1.165, 1.54) is 5.56 Å². The summed E-state index contributed by atoms with van der Waals surface area (Å²) in [7, 11) is 0. The Balaban J connectivity index is 1.36. The van der Waals surface area contributed by atoms with Crippen molar-refractivity contribution in [3.05, 3.63) is 35.9 Å². The van der Waals surface area contributed by atoms with Crippen molar-refractivity contribution in [2.45, 2.75) is 38.1 Å². The molecule has 1 heterocycles. The number of carbonyl (C=O) groups excluding carboxylic acids is 1. The first-order valence-corrected chi connectivity index (χ1v) is 8.48. The molecule has 0 aromatic heterocycles. The van der Waals surface area contributed by atoms with Gasteiger partial charge >= 0.3 is 0 Å². The van der Waals surface area contributed by atoms with Gasteiger partial charge in [-0.1, -0.05) is 30.3 Å². The lowest BCUT2D eigenvalue weighted by atomic mass is 9.92. The van der Waals surface area contributed by atoms with E-state index in [2.05, 4.69) is 22.8 Å². The van der Waals surface area contributed by atoms with Crippen LogP contribution in [0.4, 0.5) is 0 Å². The topological polar surface area (TPSA) is 67.1 Å². The SMILES string of the molecule is NC(CCNC(=O)C1CC12CCNCC2)Cc1ccccc1. The average molecular weight is 301 g/mol. The zero-order chi connectivity index (χ0) is 15.4. The van der Waals surface area contributed by atoms with Gasteiger partial charge in [-0.05, 0) is 56.2 Å². The van der Waals surface area contributed by atoms with Crippen LogP contribution in [0.25, 0.3) is 0 Å². The first kappa shape index (κ1) is 15.5. The Kier molecular flexibility index (Phi) is 4.79. The molecule has 0 bridgehead atoms. The Labute approximate surface area is 132 Å². The minimum absolute atomic E-state index is 0.106. The summed E-state index contributed by atoms with van der Waals surface area (Å²) >= 11 is 0. The van der Waals surface area contributed by atoms with Gasteiger partial charge in [0.2, 0.25) is 5.91 Å². The second-order valence-electron chi connectivity index (χ2n) is 6.90. The summed E-state index contributed by atoms with van der Waals surface area (Å²) in [4.78, 5) is 12.2. The minimum atomic E-state index is 0.106. The fourth-order valence-electron chi connectivity index (χ4n) is 3.72. The fourth-order valence-corrected chi connectivity index (χ4v) is 3.72. The lowest BCUT2D eigenvalue weighted by Gasteiger charge is -2.23. The molecule has 2 fully saturated rings. The molecule has 4 nitrogen and oxygen atoms in total. The van der Waals surface area contributed by atoms with Gasteiger partial charge in [0, 0.05) is 18.5 Å². The van der Waals surface area contributed by atoms with Crippen molar-refractivity contribution < 1.29 is 4.79 Å². The monoisotopic (exact) mass is 301 g/mol. The lowest BCUT2D eigenvalue weighted by Crippen LogP contribution is -2.35. The van der Waals surface area contributed by atoms with Crippen LogP contribution in [-0.4, -0.2) is 31.6 Å². The molecule has 1 spiro atoms. The maximum absolute atomic E-state index is 12.2. The summed E-state index contributed by atoms with van der Waals surface area (Å²) in [5, 5.41) is 6.47. The van der Waals surface area contributed by atoms with Crippen molar-refractivity contribution in [1.29, 1.82) is 0 Å². The van der Waals surface area contributed by atoms with Gasteiger partial charge in [0.25, 0.3) is 0 Å². The number of nitrogens with one attached hydrogen (secondary N) is 2. The summed E-state index contributed by atoms with van der Waals surface area (Å²) in [5.74, 6) is 0.494. The van der Waals surface area contributed by atoms with Crippen molar-refractivity contribution >= 4 is 5.91 Å². The largest absolute Gasteiger partial charge is 0.356 e. The summed E-state index contributed by atoms with van der Waals surface area (Å²) in [6.07, 6.45) is 5.09. The molecule has 2 unspecified atom stereocenters. The number of rotatable bonds is 6. The van der Waals surface area contributed by atoms with Gasteiger partial charge in [-0.3, -0.25) is 4.79 Å². The number of benzene rings is 1. The van der Waals surface area contributed by atoms with Crippen molar-refractivity contribution in [3.63, 3.8) is 0 Å². The molecule has 0 radical (unpaired) electrons. The second-order valence-corrected chi connectivity index (χ2v) is 6.90. The number of hydrogen-bond acceptors (Lipinski definition) is 3. The summed E-state index contributed by atoms with van der Waals surface area (Å²) < 4.78 is 0. The van der Waals surface area contributed by atoms with Crippen LogP contribution in [0.1, 0.15) is 31.2 Å². The maximum atomic E-state index is 12.2. The number of piperidine rings is 1. The molecule has 120 valence electrons. The molecule has 1 amide bonds. The zero-order valence-electron chi connectivity index (χ0n) is 13.2. The van der Waals surface area contributed by atoms with Crippen molar-refractivity contribution in [2.24, 2.45) is 17.1 Å². The average Bonchev–Trinajstić information content (AvgIpc) is 3.22. The number of carbonyl (C=O) groups is 1. The van der Waals surface area contributed by atoms with Crippen molar-refractivity contribution in [1.82, 2.24) is 10.6 Å². The van der Waals surface area contributed by atoms with Gasteiger partial charge in [-0.2, -0.15) is 0 Å². The predicted molar refractivity (Wildman–Crippen MR) is 88.4 cm³/mol. The Morgan fingerprint density at radius 3 is 2.77 bits per heavy atom. The molecule has 22 heavy (non-hydrogen) atoms. The molecule has 1 aromatic carbocycles. The first-order chi connectivity index (χ1) is 10.7.